The third-order valence-corrected chi connectivity index (χ3v) is 2.68. The number of hydrogen-bond donors (Lipinski definition) is 1. The van der Waals surface area contributed by atoms with Crippen LogP contribution in [-0.4, -0.2) is 26.3 Å². The fourth-order valence-electron chi connectivity index (χ4n) is 1.70. The van der Waals surface area contributed by atoms with Crippen LogP contribution in [0.1, 0.15) is 46.5 Å². The van der Waals surface area contributed by atoms with Gasteiger partial charge in [-0.2, -0.15) is 0 Å². The predicted molar refractivity (Wildman–Crippen MR) is 62.6 cm³/mol. The Morgan fingerprint density at radius 2 is 1.86 bits per heavy atom. The largest absolute Gasteiger partial charge is 0.382 e. The quantitative estimate of drug-likeness (QED) is 0.579. The fourth-order valence-corrected chi connectivity index (χ4v) is 1.70. The van der Waals surface area contributed by atoms with E-state index in [-0.39, 0.29) is 0 Å². The monoisotopic (exact) mass is 201 g/mol. The number of rotatable bonds is 9. The Balaban J connectivity index is 3.25. The van der Waals surface area contributed by atoms with Crippen molar-refractivity contribution in [3.05, 3.63) is 0 Å². The molecule has 0 aliphatic carbocycles. The Hall–Kier alpha value is -0.0800. The maximum atomic E-state index is 5.30. The summed E-state index contributed by atoms with van der Waals surface area (Å²) < 4.78 is 5.30. The van der Waals surface area contributed by atoms with Gasteiger partial charge in [-0.1, -0.05) is 26.7 Å². The highest BCUT2D eigenvalue weighted by Crippen LogP contribution is 2.10. The second kappa shape index (κ2) is 9.47. The highest BCUT2D eigenvalue weighted by molar-refractivity contribution is 4.67. The highest BCUT2D eigenvalue weighted by atomic mass is 16.5. The standard InChI is InChI=1S/C12H27NO/c1-5-14-10-8-6-7-9-12(13-4)11(2)3/h11-13H,5-10H2,1-4H3. The van der Waals surface area contributed by atoms with E-state index in [1.54, 1.807) is 0 Å². The van der Waals surface area contributed by atoms with Gasteiger partial charge in [-0.15, -0.1) is 0 Å². The molecule has 0 rings (SSSR count). The second-order valence-electron chi connectivity index (χ2n) is 4.19. The Morgan fingerprint density at radius 1 is 1.14 bits per heavy atom. The van der Waals surface area contributed by atoms with Gasteiger partial charge in [0.2, 0.25) is 0 Å². The third kappa shape index (κ3) is 7.34. The van der Waals surface area contributed by atoms with Crippen LogP contribution in [0.25, 0.3) is 0 Å². The van der Waals surface area contributed by atoms with E-state index >= 15 is 0 Å². The van der Waals surface area contributed by atoms with Crippen LogP contribution in [0.3, 0.4) is 0 Å². The van der Waals surface area contributed by atoms with Gasteiger partial charge >= 0.3 is 0 Å². The molecule has 0 aliphatic heterocycles. The normalized spacial score (nSPS) is 13.5. The molecule has 0 spiro atoms. The first kappa shape index (κ1) is 13.9. The molecule has 1 N–H and O–H groups in total. The number of hydrogen-bond acceptors (Lipinski definition) is 2. The zero-order chi connectivity index (χ0) is 10.8. The number of nitrogens with one attached hydrogen (secondary N) is 1. The van der Waals surface area contributed by atoms with Crippen LogP contribution in [0.5, 0.6) is 0 Å². The first-order chi connectivity index (χ1) is 6.72. The van der Waals surface area contributed by atoms with E-state index in [1.165, 1.54) is 25.7 Å². The second-order valence-corrected chi connectivity index (χ2v) is 4.19. The molecule has 2 nitrogen and oxygen atoms in total. The van der Waals surface area contributed by atoms with Gasteiger partial charge in [0.1, 0.15) is 0 Å². The molecule has 0 bridgehead atoms. The van der Waals surface area contributed by atoms with Gasteiger partial charge in [0.25, 0.3) is 0 Å². The molecule has 1 unspecified atom stereocenters. The molecule has 86 valence electrons. The minimum Gasteiger partial charge on any atom is -0.382 e. The van der Waals surface area contributed by atoms with Crippen LogP contribution in [0.2, 0.25) is 0 Å². The zero-order valence-corrected chi connectivity index (χ0v) is 10.3. The van der Waals surface area contributed by atoms with E-state index in [4.69, 9.17) is 4.74 Å². The van der Waals surface area contributed by atoms with Crippen molar-refractivity contribution in [3.63, 3.8) is 0 Å². The van der Waals surface area contributed by atoms with Crippen LogP contribution in [0.4, 0.5) is 0 Å². The van der Waals surface area contributed by atoms with E-state index < -0.39 is 0 Å². The lowest BCUT2D eigenvalue weighted by molar-refractivity contribution is 0.142. The summed E-state index contributed by atoms with van der Waals surface area (Å²) in [5.41, 5.74) is 0. The lowest BCUT2D eigenvalue weighted by Crippen LogP contribution is -2.30. The molecule has 0 fully saturated rings. The third-order valence-electron chi connectivity index (χ3n) is 2.68. The van der Waals surface area contributed by atoms with Gasteiger partial charge in [0.15, 0.2) is 0 Å². The molecule has 0 aromatic carbocycles. The van der Waals surface area contributed by atoms with Crippen molar-refractivity contribution in [1.29, 1.82) is 0 Å². The summed E-state index contributed by atoms with van der Waals surface area (Å²) in [4.78, 5) is 0. The van der Waals surface area contributed by atoms with Crippen LogP contribution in [-0.2, 0) is 4.74 Å². The molecule has 0 aromatic heterocycles. The molecule has 0 saturated heterocycles. The summed E-state index contributed by atoms with van der Waals surface area (Å²) in [7, 11) is 2.06. The van der Waals surface area contributed by atoms with Gasteiger partial charge in [0, 0.05) is 19.3 Å². The predicted octanol–water partition coefficient (Wildman–Crippen LogP) is 2.83. The summed E-state index contributed by atoms with van der Waals surface area (Å²) >= 11 is 0. The van der Waals surface area contributed by atoms with Crippen molar-refractivity contribution >= 4 is 0 Å². The maximum absolute atomic E-state index is 5.30. The summed E-state index contributed by atoms with van der Waals surface area (Å²) in [5.74, 6) is 0.742. The smallest absolute Gasteiger partial charge is 0.0465 e. The molecule has 0 amide bonds. The summed E-state index contributed by atoms with van der Waals surface area (Å²) in [5, 5.41) is 3.37. The molecule has 0 saturated carbocycles. The zero-order valence-electron chi connectivity index (χ0n) is 10.3. The minimum atomic E-state index is 0.682. The van der Waals surface area contributed by atoms with Crippen LogP contribution in [0, 0.1) is 5.92 Å². The summed E-state index contributed by atoms with van der Waals surface area (Å²) in [6.07, 6.45) is 5.12. The first-order valence-electron chi connectivity index (χ1n) is 5.97. The molecule has 2 heteroatoms. The lowest BCUT2D eigenvalue weighted by Gasteiger charge is -2.19. The summed E-state index contributed by atoms with van der Waals surface area (Å²) in [6, 6.07) is 0.682. The van der Waals surface area contributed by atoms with Crippen molar-refractivity contribution in [2.24, 2.45) is 5.92 Å². The topological polar surface area (TPSA) is 21.3 Å². The van der Waals surface area contributed by atoms with E-state index in [0.29, 0.717) is 6.04 Å². The van der Waals surface area contributed by atoms with E-state index in [9.17, 15) is 0 Å². The van der Waals surface area contributed by atoms with Crippen molar-refractivity contribution in [3.8, 4) is 0 Å². The molecule has 0 radical (unpaired) electrons. The van der Waals surface area contributed by atoms with Gasteiger partial charge < -0.3 is 10.1 Å². The lowest BCUT2D eigenvalue weighted by atomic mass is 9.98. The fraction of sp³-hybridized carbons (Fsp3) is 1.00. The van der Waals surface area contributed by atoms with Crippen LogP contribution < -0.4 is 5.32 Å². The average Bonchev–Trinajstić information content (AvgIpc) is 2.16. The molecule has 0 heterocycles. The molecule has 14 heavy (non-hydrogen) atoms. The Kier molecular flexibility index (Phi) is 9.42. The SMILES string of the molecule is CCOCCCCCC(NC)C(C)C. The Morgan fingerprint density at radius 3 is 2.36 bits per heavy atom. The molecule has 1 atom stereocenters. The van der Waals surface area contributed by atoms with Crippen LogP contribution >= 0.6 is 0 Å². The van der Waals surface area contributed by atoms with Gasteiger partial charge in [0.05, 0.1) is 0 Å². The first-order valence-corrected chi connectivity index (χ1v) is 5.97. The van der Waals surface area contributed by atoms with Crippen molar-refractivity contribution in [1.82, 2.24) is 5.32 Å². The average molecular weight is 201 g/mol. The Labute approximate surface area is 89.4 Å². The highest BCUT2D eigenvalue weighted by Gasteiger charge is 2.09. The molecular formula is C12H27NO. The van der Waals surface area contributed by atoms with Crippen LogP contribution in [0.15, 0.2) is 0 Å². The van der Waals surface area contributed by atoms with Gasteiger partial charge in [-0.3, -0.25) is 0 Å². The van der Waals surface area contributed by atoms with E-state index in [1.807, 2.05) is 0 Å². The number of unbranched alkanes of at least 4 members (excludes halogenated alkanes) is 2. The number of ether oxygens (including phenoxy) is 1. The minimum absolute atomic E-state index is 0.682. The van der Waals surface area contributed by atoms with E-state index in [2.05, 4.69) is 33.1 Å². The molecular weight excluding hydrogens is 174 g/mol. The van der Waals surface area contributed by atoms with Crippen molar-refractivity contribution < 1.29 is 4.74 Å². The maximum Gasteiger partial charge on any atom is 0.0465 e. The summed E-state index contributed by atoms with van der Waals surface area (Å²) in [6.45, 7) is 8.39. The van der Waals surface area contributed by atoms with Gasteiger partial charge in [-0.05, 0) is 32.7 Å². The Bertz CT molecular complexity index is 115. The van der Waals surface area contributed by atoms with Gasteiger partial charge in [-0.25, -0.2) is 0 Å². The van der Waals surface area contributed by atoms with Crippen molar-refractivity contribution in [2.75, 3.05) is 20.3 Å². The van der Waals surface area contributed by atoms with E-state index in [0.717, 1.165) is 19.1 Å². The molecule has 0 aliphatic rings. The van der Waals surface area contributed by atoms with Crippen molar-refractivity contribution in [2.45, 2.75) is 52.5 Å². The molecule has 0 aromatic rings.